The van der Waals surface area contributed by atoms with Gasteiger partial charge in [-0.15, -0.1) is 0 Å². The number of aliphatic hydroxyl groups excluding tert-OH is 1. The monoisotopic (exact) mass is 486 g/mol. The van der Waals surface area contributed by atoms with E-state index in [1.807, 2.05) is 19.9 Å². The molecule has 4 rings (SSSR count). The molecule has 1 aromatic rings. The molecule has 1 aromatic heterocycles. The van der Waals surface area contributed by atoms with Gasteiger partial charge in [0.15, 0.2) is 0 Å². The molecule has 1 aliphatic carbocycles. The highest BCUT2D eigenvalue weighted by Crippen LogP contribution is 2.32. The van der Waals surface area contributed by atoms with E-state index in [1.54, 1.807) is 23.0 Å². The second-order valence-electron chi connectivity index (χ2n) is 9.98. The molecule has 3 atom stereocenters. The van der Waals surface area contributed by atoms with E-state index in [1.165, 1.54) is 5.57 Å². The Kier molecular flexibility index (Phi) is 8.41. The van der Waals surface area contributed by atoms with Crippen LogP contribution in [-0.4, -0.2) is 108 Å². The van der Waals surface area contributed by atoms with Crippen LogP contribution in [0.5, 0.6) is 5.88 Å². The van der Waals surface area contributed by atoms with Gasteiger partial charge in [-0.2, -0.15) is 0 Å². The van der Waals surface area contributed by atoms with E-state index < -0.39 is 0 Å². The Balaban J connectivity index is 1.56. The fraction of sp³-hybridized carbons (Fsp3) is 0.654. The van der Waals surface area contributed by atoms with Crippen molar-refractivity contribution in [2.75, 3.05) is 59.6 Å². The van der Waals surface area contributed by atoms with E-state index in [4.69, 9.17) is 9.47 Å². The molecule has 2 amide bonds. The van der Waals surface area contributed by atoms with Gasteiger partial charge in [-0.25, -0.2) is 4.98 Å². The number of pyridine rings is 1. The molecule has 0 unspecified atom stereocenters. The van der Waals surface area contributed by atoms with Crippen LogP contribution >= 0.6 is 0 Å². The number of hydrogen-bond acceptors (Lipinski definition) is 7. The van der Waals surface area contributed by atoms with Crippen molar-refractivity contribution in [2.24, 2.45) is 5.92 Å². The van der Waals surface area contributed by atoms with E-state index in [9.17, 15) is 14.7 Å². The van der Waals surface area contributed by atoms with Gasteiger partial charge in [0, 0.05) is 38.8 Å². The van der Waals surface area contributed by atoms with Gasteiger partial charge in [-0.3, -0.25) is 14.5 Å². The summed E-state index contributed by atoms with van der Waals surface area (Å²) in [6.07, 6.45) is 6.75. The van der Waals surface area contributed by atoms with Gasteiger partial charge in [0.1, 0.15) is 11.7 Å². The minimum Gasteiger partial charge on any atom is -0.472 e. The van der Waals surface area contributed by atoms with Crippen LogP contribution in [0.25, 0.3) is 5.57 Å². The predicted molar refractivity (Wildman–Crippen MR) is 132 cm³/mol. The van der Waals surface area contributed by atoms with Crippen LogP contribution in [0.1, 0.15) is 49.0 Å². The van der Waals surface area contributed by atoms with Gasteiger partial charge in [-0.1, -0.05) is 13.0 Å². The molecule has 3 heterocycles. The van der Waals surface area contributed by atoms with E-state index in [2.05, 4.69) is 16.0 Å². The minimum atomic E-state index is -0.349. The van der Waals surface area contributed by atoms with Crippen LogP contribution in [0.15, 0.2) is 18.3 Å². The Morgan fingerprint density at radius 2 is 2.11 bits per heavy atom. The molecule has 0 bridgehead atoms. The zero-order chi connectivity index (χ0) is 24.9. The smallest absolute Gasteiger partial charge is 0.259 e. The van der Waals surface area contributed by atoms with E-state index >= 15 is 0 Å². The summed E-state index contributed by atoms with van der Waals surface area (Å²) < 4.78 is 11.7. The summed E-state index contributed by atoms with van der Waals surface area (Å²) in [4.78, 5) is 36.6. The van der Waals surface area contributed by atoms with Crippen molar-refractivity contribution in [3.05, 3.63) is 29.5 Å². The normalized spacial score (nSPS) is 24.2. The number of aliphatic hydroxyl groups is 1. The predicted octanol–water partition coefficient (Wildman–Crippen LogP) is 1.66. The Morgan fingerprint density at radius 3 is 2.80 bits per heavy atom. The fourth-order valence-electron chi connectivity index (χ4n) is 4.87. The average Bonchev–Trinajstić information content (AvgIpc) is 3.41. The van der Waals surface area contributed by atoms with Crippen LogP contribution in [0, 0.1) is 5.92 Å². The molecule has 9 nitrogen and oxygen atoms in total. The summed E-state index contributed by atoms with van der Waals surface area (Å²) in [5.74, 6) is 0.0616. The first-order chi connectivity index (χ1) is 16.9. The number of carbonyl (C=O) groups excluding carboxylic acids is 2. The molecule has 192 valence electrons. The Hall–Kier alpha value is -2.49. The number of rotatable bonds is 7. The number of hydrogen-bond donors (Lipinski definition) is 1. The molecule has 0 radical (unpaired) electrons. The number of amides is 2. The molecule has 35 heavy (non-hydrogen) atoms. The average molecular weight is 487 g/mol. The summed E-state index contributed by atoms with van der Waals surface area (Å²) >= 11 is 0. The molecule has 0 saturated carbocycles. The summed E-state index contributed by atoms with van der Waals surface area (Å²) in [5, 5.41) is 9.85. The van der Waals surface area contributed by atoms with Crippen LogP contribution in [0.3, 0.4) is 0 Å². The summed E-state index contributed by atoms with van der Waals surface area (Å²) in [5.41, 5.74) is 2.56. The third kappa shape index (κ3) is 6.02. The number of likely N-dealkylation sites (N-methyl/N-ethyl adjacent to an activating group) is 1. The zero-order valence-corrected chi connectivity index (χ0v) is 21.1. The lowest BCUT2D eigenvalue weighted by atomic mass is 9.99. The molecule has 2 aliphatic heterocycles. The highest BCUT2D eigenvalue weighted by Gasteiger charge is 2.35. The van der Waals surface area contributed by atoms with E-state index in [0.717, 1.165) is 37.9 Å². The summed E-state index contributed by atoms with van der Waals surface area (Å²) in [6.45, 7) is 7.67. The fourth-order valence-corrected chi connectivity index (χ4v) is 4.87. The van der Waals surface area contributed by atoms with Gasteiger partial charge in [0.05, 0.1) is 39.0 Å². The first-order valence-corrected chi connectivity index (χ1v) is 12.7. The van der Waals surface area contributed by atoms with Crippen molar-refractivity contribution in [2.45, 2.75) is 45.3 Å². The van der Waals surface area contributed by atoms with Crippen LogP contribution in [0.4, 0.5) is 0 Å². The van der Waals surface area contributed by atoms with Gasteiger partial charge in [0.2, 0.25) is 11.8 Å². The quantitative estimate of drug-likeness (QED) is 0.626. The van der Waals surface area contributed by atoms with Crippen molar-refractivity contribution < 1.29 is 24.2 Å². The first-order valence-electron chi connectivity index (χ1n) is 12.7. The number of ether oxygens (including phenoxy) is 2. The molecular weight excluding hydrogens is 448 g/mol. The van der Waals surface area contributed by atoms with Crippen molar-refractivity contribution >= 4 is 17.4 Å². The number of aromatic nitrogens is 1. The lowest BCUT2D eigenvalue weighted by Gasteiger charge is -2.38. The first kappa shape index (κ1) is 25.6. The lowest BCUT2D eigenvalue weighted by molar-refractivity contribution is -0.133. The Morgan fingerprint density at radius 1 is 1.34 bits per heavy atom. The minimum absolute atomic E-state index is 0.0260. The van der Waals surface area contributed by atoms with Crippen molar-refractivity contribution in [3.63, 3.8) is 0 Å². The largest absolute Gasteiger partial charge is 0.472 e. The molecule has 9 heteroatoms. The van der Waals surface area contributed by atoms with Crippen molar-refractivity contribution in [1.29, 1.82) is 0 Å². The number of nitrogens with zero attached hydrogens (tertiary/aromatic N) is 4. The highest BCUT2D eigenvalue weighted by atomic mass is 16.5. The van der Waals surface area contributed by atoms with Gasteiger partial charge >= 0.3 is 0 Å². The topological polar surface area (TPSA) is 95.4 Å². The highest BCUT2D eigenvalue weighted by molar-refractivity contribution is 5.97. The third-order valence-corrected chi connectivity index (χ3v) is 7.27. The second-order valence-corrected chi connectivity index (χ2v) is 9.98. The summed E-state index contributed by atoms with van der Waals surface area (Å²) in [7, 11) is 1.79. The van der Waals surface area contributed by atoms with E-state index in [0.29, 0.717) is 38.4 Å². The molecule has 1 N–H and O–H groups in total. The molecule has 1 fully saturated rings. The molecular formula is C26H38N4O5. The van der Waals surface area contributed by atoms with Gasteiger partial charge in [0.25, 0.3) is 5.91 Å². The van der Waals surface area contributed by atoms with Crippen LogP contribution in [-0.2, 0) is 9.53 Å². The van der Waals surface area contributed by atoms with Crippen LogP contribution in [0.2, 0.25) is 0 Å². The number of morpholine rings is 1. The number of carbonyl (C=O) groups is 2. The standard InChI is InChI=1S/C26H38N4O5/c1-18-14-30(19(2)17-31)26(33)22-12-21(20-6-4-5-7-20)13-27-25(22)35-23(18)15-28(3)24(32)16-29-8-10-34-11-9-29/h6,12-13,18-19,23,31H,4-5,7-11,14-17H2,1-3H3/t18-,19+,23+/m1/s1. The second kappa shape index (κ2) is 11.5. The van der Waals surface area contributed by atoms with Crippen molar-refractivity contribution in [1.82, 2.24) is 19.7 Å². The maximum atomic E-state index is 13.6. The molecule has 3 aliphatic rings. The molecule has 1 saturated heterocycles. The number of allylic oxidation sites excluding steroid dienone is 2. The Labute approximate surface area is 207 Å². The van der Waals surface area contributed by atoms with Gasteiger partial charge in [-0.05, 0) is 43.4 Å². The maximum Gasteiger partial charge on any atom is 0.259 e. The zero-order valence-electron chi connectivity index (χ0n) is 21.1. The van der Waals surface area contributed by atoms with E-state index in [-0.39, 0.29) is 42.4 Å². The molecule has 0 aromatic carbocycles. The third-order valence-electron chi connectivity index (χ3n) is 7.27. The molecule has 0 spiro atoms. The van der Waals surface area contributed by atoms with Gasteiger partial charge < -0.3 is 24.4 Å². The SMILES string of the molecule is C[C@@H]1CN([C@@H](C)CO)C(=O)c2cc(C3=CCCC3)cnc2O[C@H]1CN(C)C(=O)CN1CCOCC1. The van der Waals surface area contributed by atoms with Crippen molar-refractivity contribution in [3.8, 4) is 5.88 Å². The van der Waals surface area contributed by atoms with Crippen LogP contribution < -0.4 is 4.74 Å². The number of fused-ring (bicyclic) bond motifs is 1. The maximum absolute atomic E-state index is 13.6. The lowest BCUT2D eigenvalue weighted by Crippen LogP contribution is -2.51. The summed E-state index contributed by atoms with van der Waals surface area (Å²) in [6, 6.07) is 1.53. The Bertz CT molecular complexity index is 946.